The Morgan fingerprint density at radius 1 is 1.52 bits per heavy atom. The van der Waals surface area contributed by atoms with Crippen LogP contribution in [0.2, 0.25) is 0 Å². The molecule has 2 heterocycles. The molecule has 1 saturated heterocycles. The fraction of sp³-hybridized carbons (Fsp3) is 0.692. The maximum atomic E-state index is 12.6. The van der Waals surface area contributed by atoms with Crippen molar-refractivity contribution in [2.45, 2.75) is 31.3 Å². The summed E-state index contributed by atoms with van der Waals surface area (Å²) in [7, 11) is -3.64. The molecule has 1 atom stereocenters. The van der Waals surface area contributed by atoms with E-state index in [0.717, 1.165) is 0 Å². The minimum Gasteiger partial charge on any atom is -0.355 e. The number of nitrogens with one attached hydrogen (secondary N) is 1. The lowest BCUT2D eigenvalue weighted by Gasteiger charge is -2.30. The van der Waals surface area contributed by atoms with E-state index in [1.807, 2.05) is 6.92 Å². The molecule has 0 saturated carbocycles. The lowest BCUT2D eigenvalue weighted by molar-refractivity contribution is -0.126. The largest absolute Gasteiger partial charge is 0.355 e. The third-order valence-corrected chi connectivity index (χ3v) is 5.53. The quantitative estimate of drug-likeness (QED) is 0.725. The van der Waals surface area contributed by atoms with Gasteiger partial charge < -0.3 is 15.6 Å². The van der Waals surface area contributed by atoms with Gasteiger partial charge in [0.1, 0.15) is 0 Å². The maximum Gasteiger partial charge on any atom is 0.262 e. The molecule has 1 aliphatic heterocycles. The highest BCUT2D eigenvalue weighted by Gasteiger charge is 2.34. The predicted molar refractivity (Wildman–Crippen MR) is 88.7 cm³/mol. The van der Waals surface area contributed by atoms with Crippen LogP contribution in [0.25, 0.3) is 0 Å². The molecule has 2 rings (SSSR count). The van der Waals surface area contributed by atoms with Gasteiger partial charge in [0.15, 0.2) is 5.03 Å². The van der Waals surface area contributed by atoms with E-state index in [1.54, 1.807) is 4.57 Å². The van der Waals surface area contributed by atoms with Crippen LogP contribution in [0.15, 0.2) is 17.6 Å². The summed E-state index contributed by atoms with van der Waals surface area (Å²) < 4.78 is 28.3. The molecule has 1 amide bonds. The number of nitrogens with two attached hydrogens (primary N) is 1. The van der Waals surface area contributed by atoms with E-state index in [1.165, 1.54) is 16.8 Å². The van der Waals surface area contributed by atoms with Gasteiger partial charge in [0.2, 0.25) is 5.91 Å². The number of piperidine rings is 1. The van der Waals surface area contributed by atoms with Crippen molar-refractivity contribution in [1.82, 2.24) is 19.2 Å². The number of aryl methyl sites for hydroxylation is 1. The number of amides is 1. The molecule has 23 heavy (non-hydrogen) atoms. The summed E-state index contributed by atoms with van der Waals surface area (Å²) >= 11 is 0. The van der Waals surface area contributed by atoms with Crippen molar-refractivity contribution in [1.29, 1.82) is 0 Å². The van der Waals surface area contributed by atoms with Crippen LogP contribution < -0.4 is 11.1 Å². The summed E-state index contributed by atoms with van der Waals surface area (Å²) in [6.45, 7) is 3.96. The Bertz CT molecular complexity index is 619. The monoisotopic (exact) mass is 365 g/mol. The molecule has 1 unspecified atom stereocenters. The first-order valence-electron chi connectivity index (χ1n) is 7.48. The highest BCUT2D eigenvalue weighted by molar-refractivity contribution is 7.89. The second-order valence-corrected chi connectivity index (χ2v) is 7.21. The highest BCUT2D eigenvalue weighted by Crippen LogP contribution is 2.23. The van der Waals surface area contributed by atoms with Crippen LogP contribution in [-0.4, -0.2) is 54.4 Å². The standard InChI is InChI=1S/C13H23N5O3S.ClH/c1-2-17-9-12(16-10-17)22(20,21)18-7-3-4-11(8-18)13(19)15-6-5-14;/h9-11H,2-8,14H2,1H3,(H,15,19);1H. The number of carbonyl (C=O) groups is 1. The number of hydrogen-bond donors (Lipinski definition) is 2. The average molecular weight is 366 g/mol. The van der Waals surface area contributed by atoms with Crippen molar-refractivity contribution in [3.8, 4) is 0 Å². The zero-order valence-electron chi connectivity index (χ0n) is 13.1. The Hall–Kier alpha value is -1.16. The van der Waals surface area contributed by atoms with E-state index in [4.69, 9.17) is 5.73 Å². The normalized spacial score (nSPS) is 19.1. The summed E-state index contributed by atoms with van der Waals surface area (Å²) in [4.78, 5) is 16.0. The van der Waals surface area contributed by atoms with Gasteiger partial charge in [0.05, 0.1) is 12.2 Å². The molecule has 3 N–H and O–H groups in total. The lowest BCUT2D eigenvalue weighted by Crippen LogP contribution is -2.46. The smallest absolute Gasteiger partial charge is 0.262 e. The summed E-state index contributed by atoms with van der Waals surface area (Å²) in [6.07, 6.45) is 4.37. The Morgan fingerprint density at radius 2 is 2.26 bits per heavy atom. The SMILES string of the molecule is CCn1cnc(S(=O)(=O)N2CCCC(C(=O)NCCN)C2)c1.Cl. The summed E-state index contributed by atoms with van der Waals surface area (Å²) in [6, 6.07) is 0. The number of nitrogens with zero attached hydrogens (tertiary/aromatic N) is 3. The van der Waals surface area contributed by atoms with Crippen LogP contribution in [0.4, 0.5) is 0 Å². The minimum atomic E-state index is -3.64. The van der Waals surface area contributed by atoms with Gasteiger partial charge in [-0.1, -0.05) is 0 Å². The van der Waals surface area contributed by atoms with Gasteiger partial charge in [-0.3, -0.25) is 4.79 Å². The topological polar surface area (TPSA) is 110 Å². The molecule has 1 fully saturated rings. The lowest BCUT2D eigenvalue weighted by atomic mass is 9.99. The first kappa shape index (κ1) is 19.9. The molecule has 0 aromatic carbocycles. The summed E-state index contributed by atoms with van der Waals surface area (Å²) in [5, 5.41) is 2.76. The fourth-order valence-electron chi connectivity index (χ4n) is 2.49. The van der Waals surface area contributed by atoms with Crippen LogP contribution in [0.5, 0.6) is 0 Å². The van der Waals surface area contributed by atoms with Crippen molar-refractivity contribution < 1.29 is 13.2 Å². The Morgan fingerprint density at radius 3 is 2.87 bits per heavy atom. The van der Waals surface area contributed by atoms with Gasteiger partial charge in [0, 0.05) is 38.9 Å². The van der Waals surface area contributed by atoms with Gasteiger partial charge in [-0.2, -0.15) is 4.31 Å². The molecule has 0 bridgehead atoms. The summed E-state index contributed by atoms with van der Waals surface area (Å²) in [5.41, 5.74) is 5.36. The maximum absolute atomic E-state index is 12.6. The van der Waals surface area contributed by atoms with Crippen LogP contribution in [0, 0.1) is 5.92 Å². The molecule has 8 nitrogen and oxygen atoms in total. The van der Waals surface area contributed by atoms with E-state index in [9.17, 15) is 13.2 Å². The van der Waals surface area contributed by atoms with E-state index in [0.29, 0.717) is 39.0 Å². The van der Waals surface area contributed by atoms with Crippen molar-refractivity contribution in [2.75, 3.05) is 26.2 Å². The van der Waals surface area contributed by atoms with Crippen molar-refractivity contribution in [2.24, 2.45) is 11.7 Å². The molecule has 1 aromatic rings. The number of halogens is 1. The van der Waals surface area contributed by atoms with Gasteiger partial charge >= 0.3 is 0 Å². The number of sulfonamides is 1. The first-order chi connectivity index (χ1) is 10.5. The number of carbonyl (C=O) groups excluding carboxylic acids is 1. The van der Waals surface area contributed by atoms with Crippen molar-refractivity contribution in [3.63, 3.8) is 0 Å². The predicted octanol–water partition coefficient (Wildman–Crippen LogP) is -0.200. The van der Waals surface area contributed by atoms with Crippen molar-refractivity contribution >= 4 is 28.3 Å². The number of rotatable bonds is 6. The second kappa shape index (κ2) is 8.62. The Balaban J connectivity index is 0.00000264. The van der Waals surface area contributed by atoms with Crippen molar-refractivity contribution in [3.05, 3.63) is 12.5 Å². The van der Waals surface area contributed by atoms with Gasteiger partial charge in [-0.15, -0.1) is 12.4 Å². The van der Waals surface area contributed by atoms with Crippen LogP contribution in [0.1, 0.15) is 19.8 Å². The third kappa shape index (κ3) is 4.66. The van der Waals surface area contributed by atoms with E-state index >= 15 is 0 Å². The van der Waals surface area contributed by atoms with Crippen LogP contribution >= 0.6 is 12.4 Å². The molecular formula is C13H24ClN5O3S. The van der Waals surface area contributed by atoms with Gasteiger partial charge in [-0.25, -0.2) is 13.4 Å². The van der Waals surface area contributed by atoms with Crippen LogP contribution in [0.3, 0.4) is 0 Å². The zero-order valence-corrected chi connectivity index (χ0v) is 14.8. The van der Waals surface area contributed by atoms with Gasteiger partial charge in [-0.05, 0) is 19.8 Å². The molecule has 10 heteroatoms. The van der Waals surface area contributed by atoms with E-state index in [2.05, 4.69) is 10.3 Å². The number of imidazole rings is 1. The third-order valence-electron chi connectivity index (χ3n) is 3.78. The van der Waals surface area contributed by atoms with E-state index < -0.39 is 10.0 Å². The molecule has 0 radical (unpaired) electrons. The van der Waals surface area contributed by atoms with Crippen LogP contribution in [-0.2, 0) is 21.4 Å². The molecule has 1 aromatic heterocycles. The van der Waals surface area contributed by atoms with E-state index in [-0.39, 0.29) is 35.8 Å². The average Bonchev–Trinajstić information content (AvgIpc) is 3.02. The molecule has 0 aliphatic carbocycles. The highest BCUT2D eigenvalue weighted by atomic mass is 35.5. The number of hydrogen-bond acceptors (Lipinski definition) is 5. The van der Waals surface area contributed by atoms with Gasteiger partial charge in [0.25, 0.3) is 10.0 Å². The summed E-state index contributed by atoms with van der Waals surface area (Å²) in [5.74, 6) is -0.465. The number of aromatic nitrogens is 2. The zero-order chi connectivity index (χ0) is 16.2. The fourth-order valence-corrected chi connectivity index (χ4v) is 3.95. The molecule has 0 spiro atoms. The molecule has 1 aliphatic rings. The second-order valence-electron chi connectivity index (χ2n) is 5.32. The Labute approximate surface area is 142 Å². The Kier molecular flexibility index (Phi) is 7.46. The first-order valence-corrected chi connectivity index (χ1v) is 8.92. The minimum absolute atomic E-state index is 0. The molecular weight excluding hydrogens is 342 g/mol. The molecule has 132 valence electrons.